The van der Waals surface area contributed by atoms with Crippen molar-refractivity contribution in [2.75, 3.05) is 0 Å². The molecule has 0 aliphatic carbocycles. The van der Waals surface area contributed by atoms with Crippen LogP contribution in [0.1, 0.15) is 60.1 Å². The van der Waals surface area contributed by atoms with E-state index >= 15 is 0 Å². The Morgan fingerprint density at radius 3 is 2.14 bits per heavy atom. The molecule has 4 aromatic heterocycles. The summed E-state index contributed by atoms with van der Waals surface area (Å²) in [5.41, 5.74) is 16.2. The Morgan fingerprint density at radius 1 is 0.656 bits per heavy atom. The molecule has 0 spiro atoms. The van der Waals surface area contributed by atoms with E-state index in [1.165, 1.54) is 44.5 Å². The molecule has 14 rings (SSSR count). The summed E-state index contributed by atoms with van der Waals surface area (Å²) in [5, 5.41) is 2.21. The summed E-state index contributed by atoms with van der Waals surface area (Å²) in [5.74, 6) is 3.11. The van der Waals surface area contributed by atoms with Gasteiger partial charge in [0.1, 0.15) is 0 Å². The summed E-state index contributed by atoms with van der Waals surface area (Å²) < 4.78 is 14.5. The van der Waals surface area contributed by atoms with Crippen LogP contribution in [0.5, 0.6) is 11.5 Å². The zero-order chi connectivity index (χ0) is 43.7. The number of nitrogens with zero attached hydrogens (tertiary/aromatic N) is 5. The van der Waals surface area contributed by atoms with Crippen LogP contribution >= 0.6 is 0 Å². The van der Waals surface area contributed by atoms with Crippen LogP contribution in [0.25, 0.3) is 61.1 Å². The topological polar surface area (TPSA) is 49.3 Å². The Morgan fingerprint density at radius 2 is 1.39 bits per heavy atom. The van der Waals surface area contributed by atoms with Crippen LogP contribution < -0.4 is 4.74 Å². The minimum Gasteiger partial charge on any atom is -0.0579 e. The number of hydrogen-bond acceptors (Lipinski definition) is 3. The second-order valence-corrected chi connectivity index (χ2v) is 19.1. The maximum atomic E-state index is 6.69. The molecule has 0 N–H and O–H groups in total. The van der Waals surface area contributed by atoms with E-state index in [1.54, 1.807) is 0 Å². The minimum atomic E-state index is 0.0856. The van der Waals surface area contributed by atoms with Crippen LogP contribution in [-0.2, 0) is 50.5 Å². The molecule has 0 radical (unpaired) electrons. The maximum absolute atomic E-state index is 6.69. The molecule has 0 unspecified atom stereocenters. The number of imidazole rings is 1. The second-order valence-electron chi connectivity index (χ2n) is 18.1. The minimum absolute atomic E-state index is 0.0856. The molecule has 4 aliphatic heterocycles. The van der Waals surface area contributed by atoms with Gasteiger partial charge in [-0.15, -0.1) is 0 Å². The molecular formula is C57H47N5OPt-2. The molecule has 4 bridgehead atoms. The van der Waals surface area contributed by atoms with E-state index in [9.17, 15) is 0 Å². The number of aromatic nitrogens is 5. The normalized spacial score (nSPS) is 12.9. The standard InChI is InChI=1S/C57H47N5O.Pt/c1-37-30-55(59-38(2)56(37)42-21-24-45(25-22-42)57(3,4)5)62-51-28-23-43(41-10-7-6-8-11-41)31-50(51)49-27-26-48(33-52(49)62)63-47-13-9-12-46(32-47)60-35-53-44-20-18-39-14-16-40(17-15-39)19-29-54(58-34-44)61(53)36-60;/h6-17,21-28,30-31,34-35H,18-20,29H2,1-5H3;/q-2;. The Labute approximate surface area is 384 Å². The Hall–Kier alpha value is -6.62. The van der Waals surface area contributed by atoms with Crippen molar-refractivity contribution in [1.29, 1.82) is 0 Å². The first-order valence-corrected chi connectivity index (χ1v) is 23.2. The molecule has 0 saturated heterocycles. The van der Waals surface area contributed by atoms with Crippen LogP contribution in [0.4, 0.5) is 0 Å². The van der Waals surface area contributed by atoms with Crippen LogP contribution in [-0.4, -0.2) is 23.5 Å². The van der Waals surface area contributed by atoms with Crippen molar-refractivity contribution < 1.29 is 24.1 Å². The smallest absolute Gasteiger partial charge is 0.0579 e. The molecule has 0 atom stereocenters. The van der Waals surface area contributed by atoms with E-state index in [4.69, 9.17) is 14.7 Å². The molecule has 64 heavy (non-hydrogen) atoms. The van der Waals surface area contributed by atoms with Gasteiger partial charge in [0.15, 0.2) is 0 Å². The molecular weight excluding hydrogens is 966 g/mol. The number of benzene rings is 6. The molecule has 4 aliphatic rings. The molecule has 6 nitrogen and oxygen atoms in total. The van der Waals surface area contributed by atoms with Crippen LogP contribution in [0, 0.1) is 29.8 Å². The van der Waals surface area contributed by atoms with Gasteiger partial charge in [0.05, 0.1) is 0 Å². The van der Waals surface area contributed by atoms with Crippen molar-refractivity contribution in [2.24, 2.45) is 0 Å². The average Bonchev–Trinajstić information content (AvgIpc) is 3.81. The summed E-state index contributed by atoms with van der Waals surface area (Å²) in [4.78, 5) is 10.3. The van der Waals surface area contributed by atoms with Gasteiger partial charge in [0.25, 0.3) is 0 Å². The third-order valence-electron chi connectivity index (χ3n) is 12.8. The first kappa shape index (κ1) is 40.2. The fourth-order valence-electron chi connectivity index (χ4n) is 9.39. The molecule has 0 fully saturated rings. The van der Waals surface area contributed by atoms with Crippen LogP contribution in [0.15, 0.2) is 146 Å². The van der Waals surface area contributed by atoms with E-state index in [1.807, 2.05) is 18.2 Å². The molecule has 318 valence electrons. The SMILES string of the molecule is Cc1cc(-n2c3[c-]c(Oc4[c-]c(-n5cc6c7cnc(n6[c]5=[Pt])CCc5ccc(cc5)CC7)ccc4)ccc3c3cc(-c4ccccc4)ccc32)nc(C)c1-c1ccc(C(C)(C)C)cc1. The first-order chi connectivity index (χ1) is 31.1. The quantitative estimate of drug-likeness (QED) is 0.156. The number of hydrogen-bond donors (Lipinski definition) is 0. The van der Waals surface area contributed by atoms with Gasteiger partial charge >= 0.3 is 247 Å². The number of rotatable bonds is 6. The molecule has 0 amide bonds. The number of aryl methyl sites for hydroxylation is 6. The van der Waals surface area contributed by atoms with Crippen molar-refractivity contribution in [3.8, 4) is 45.3 Å². The molecule has 7 heteroatoms. The monoisotopic (exact) mass is 1010 g/mol. The van der Waals surface area contributed by atoms with E-state index < -0.39 is 0 Å². The first-order valence-electron chi connectivity index (χ1n) is 22.1. The summed E-state index contributed by atoms with van der Waals surface area (Å²) >= 11 is 2.44. The Balaban J connectivity index is 0.991. The van der Waals surface area contributed by atoms with Crippen molar-refractivity contribution in [3.05, 3.63) is 201 Å². The molecule has 0 saturated carbocycles. The number of pyridine rings is 1. The third-order valence-corrected chi connectivity index (χ3v) is 13.8. The number of fused-ring (bicyclic) bond motifs is 3. The van der Waals surface area contributed by atoms with Crippen molar-refractivity contribution >= 4 is 27.3 Å². The fraction of sp³-hybridized carbons (Fsp3) is 0.175. The molecule has 6 aromatic carbocycles. The Bertz CT molecular complexity index is 3460. The van der Waals surface area contributed by atoms with E-state index in [0.29, 0.717) is 11.5 Å². The van der Waals surface area contributed by atoms with Gasteiger partial charge in [-0.25, -0.2) is 0 Å². The van der Waals surface area contributed by atoms with Crippen molar-refractivity contribution in [3.63, 3.8) is 0 Å². The van der Waals surface area contributed by atoms with Gasteiger partial charge in [0.2, 0.25) is 0 Å². The fourth-order valence-corrected chi connectivity index (χ4v) is 10.4. The predicted molar refractivity (Wildman–Crippen MR) is 254 cm³/mol. The summed E-state index contributed by atoms with van der Waals surface area (Å²) in [6.45, 7) is 11.1. The van der Waals surface area contributed by atoms with Crippen LogP contribution in [0.2, 0.25) is 0 Å². The number of ether oxygens (including phenoxy) is 1. The van der Waals surface area contributed by atoms with Gasteiger partial charge < -0.3 is 0 Å². The van der Waals surface area contributed by atoms with E-state index in [2.05, 4.69) is 207 Å². The van der Waals surface area contributed by atoms with Gasteiger partial charge in [-0.05, 0) is 47.1 Å². The molecule has 10 aromatic rings. The van der Waals surface area contributed by atoms with Crippen molar-refractivity contribution in [1.82, 2.24) is 23.5 Å². The van der Waals surface area contributed by atoms with Gasteiger partial charge in [-0.3, -0.25) is 0 Å². The van der Waals surface area contributed by atoms with Crippen LogP contribution in [0.3, 0.4) is 0 Å². The average molecular weight is 1010 g/mol. The zero-order valence-electron chi connectivity index (χ0n) is 36.6. The summed E-state index contributed by atoms with van der Waals surface area (Å²) in [6.07, 6.45) is 7.97. The zero-order valence-corrected chi connectivity index (χ0v) is 38.9. The van der Waals surface area contributed by atoms with E-state index in [0.717, 1.165) is 85.4 Å². The summed E-state index contributed by atoms with van der Waals surface area (Å²) in [7, 11) is 0. The second kappa shape index (κ2) is 15.9. The van der Waals surface area contributed by atoms with Gasteiger partial charge in [0, 0.05) is 11.3 Å². The predicted octanol–water partition coefficient (Wildman–Crippen LogP) is 13.2. The van der Waals surface area contributed by atoms with Gasteiger partial charge in [-0.2, -0.15) is 0 Å². The third kappa shape index (κ3) is 7.24. The summed E-state index contributed by atoms with van der Waals surface area (Å²) in [6, 6.07) is 55.1. The Kier molecular flexibility index (Phi) is 9.96. The molecule has 8 heterocycles. The van der Waals surface area contributed by atoms with E-state index in [-0.39, 0.29) is 5.41 Å². The van der Waals surface area contributed by atoms with Crippen molar-refractivity contribution in [2.45, 2.75) is 65.7 Å². The van der Waals surface area contributed by atoms with Gasteiger partial charge in [-0.1, -0.05) is 81.4 Å².